The zero-order valence-electron chi connectivity index (χ0n) is 19.7. The lowest BCUT2D eigenvalue weighted by atomic mass is 9.96. The summed E-state index contributed by atoms with van der Waals surface area (Å²) in [7, 11) is 2.84. The SMILES string of the molecule is CCCCc1[nH]c(=O)c(-c2nnc(C(CC(F)(F)F)C(N)=O)o2)c(O)c1-c1c(OC)cccc1OC. The zero-order chi connectivity index (χ0) is 26.6. The molecular weight excluding hydrogens is 485 g/mol. The van der Waals surface area contributed by atoms with Gasteiger partial charge in [-0.25, -0.2) is 0 Å². The van der Waals surface area contributed by atoms with Gasteiger partial charge in [0.05, 0.1) is 31.8 Å². The zero-order valence-corrected chi connectivity index (χ0v) is 19.7. The van der Waals surface area contributed by atoms with Crippen molar-refractivity contribution in [3.05, 3.63) is 40.1 Å². The highest BCUT2D eigenvalue weighted by atomic mass is 19.4. The first-order valence-corrected chi connectivity index (χ1v) is 10.9. The third-order valence-electron chi connectivity index (χ3n) is 5.46. The number of aryl methyl sites for hydroxylation is 1. The number of amides is 1. The number of hydrogen-bond acceptors (Lipinski definition) is 8. The number of aromatic amines is 1. The second-order valence-electron chi connectivity index (χ2n) is 7.89. The van der Waals surface area contributed by atoms with Gasteiger partial charge in [-0.3, -0.25) is 9.59 Å². The number of aromatic nitrogens is 3. The summed E-state index contributed by atoms with van der Waals surface area (Å²) in [4.78, 5) is 27.3. The van der Waals surface area contributed by atoms with Gasteiger partial charge in [0.1, 0.15) is 28.7 Å². The van der Waals surface area contributed by atoms with E-state index in [0.717, 1.165) is 6.42 Å². The van der Waals surface area contributed by atoms with Gasteiger partial charge >= 0.3 is 6.18 Å². The number of nitrogens with zero attached hydrogens (tertiary/aromatic N) is 2. The fourth-order valence-corrected chi connectivity index (χ4v) is 3.76. The molecule has 10 nitrogen and oxygen atoms in total. The van der Waals surface area contributed by atoms with E-state index in [1.54, 1.807) is 18.2 Å². The number of aromatic hydroxyl groups is 1. The van der Waals surface area contributed by atoms with Crippen LogP contribution in [0.3, 0.4) is 0 Å². The smallest absolute Gasteiger partial charge is 0.390 e. The molecule has 1 aromatic carbocycles. The number of carbonyl (C=O) groups excluding carboxylic acids is 1. The molecule has 0 aliphatic rings. The summed E-state index contributed by atoms with van der Waals surface area (Å²) in [6.07, 6.45) is -4.55. The number of pyridine rings is 1. The van der Waals surface area contributed by atoms with E-state index in [4.69, 9.17) is 19.6 Å². The maximum atomic E-state index is 13.0. The quantitative estimate of drug-likeness (QED) is 0.373. The van der Waals surface area contributed by atoms with Gasteiger partial charge in [0, 0.05) is 5.69 Å². The Labute approximate surface area is 203 Å². The lowest BCUT2D eigenvalue weighted by molar-refractivity contribution is -0.147. The Bertz CT molecular complexity index is 1280. The largest absolute Gasteiger partial charge is 0.506 e. The summed E-state index contributed by atoms with van der Waals surface area (Å²) in [5, 5.41) is 18.4. The number of H-pyrrole nitrogens is 1. The van der Waals surface area contributed by atoms with Crippen LogP contribution in [0, 0.1) is 0 Å². The van der Waals surface area contributed by atoms with Crippen molar-refractivity contribution in [2.24, 2.45) is 5.73 Å². The van der Waals surface area contributed by atoms with Crippen LogP contribution in [0.4, 0.5) is 13.2 Å². The van der Waals surface area contributed by atoms with E-state index in [-0.39, 0.29) is 5.56 Å². The van der Waals surface area contributed by atoms with Crippen LogP contribution in [-0.4, -0.2) is 46.6 Å². The van der Waals surface area contributed by atoms with Gasteiger partial charge < -0.3 is 29.7 Å². The molecule has 2 aromatic heterocycles. The molecule has 2 heterocycles. The Balaban J connectivity index is 2.26. The van der Waals surface area contributed by atoms with Crippen molar-refractivity contribution in [3.63, 3.8) is 0 Å². The fraction of sp³-hybridized carbons (Fsp3) is 0.391. The lowest BCUT2D eigenvalue weighted by Gasteiger charge is -2.18. The molecule has 1 atom stereocenters. The molecule has 0 bridgehead atoms. The summed E-state index contributed by atoms with van der Waals surface area (Å²) in [5.41, 5.74) is 4.65. The Hall–Kier alpha value is -4.03. The number of primary amides is 1. The molecule has 1 unspecified atom stereocenters. The minimum absolute atomic E-state index is 0.161. The molecule has 0 aliphatic heterocycles. The lowest BCUT2D eigenvalue weighted by Crippen LogP contribution is -2.26. The van der Waals surface area contributed by atoms with E-state index in [0.29, 0.717) is 35.6 Å². The van der Waals surface area contributed by atoms with E-state index in [1.807, 2.05) is 6.92 Å². The Kier molecular flexibility index (Phi) is 7.90. The van der Waals surface area contributed by atoms with Crippen molar-refractivity contribution in [2.75, 3.05) is 14.2 Å². The first-order chi connectivity index (χ1) is 17.0. The van der Waals surface area contributed by atoms with E-state index in [2.05, 4.69) is 15.2 Å². The molecule has 0 spiro atoms. The van der Waals surface area contributed by atoms with Crippen molar-refractivity contribution in [1.82, 2.24) is 15.2 Å². The first kappa shape index (κ1) is 26.6. The van der Waals surface area contributed by atoms with Crippen molar-refractivity contribution in [1.29, 1.82) is 0 Å². The van der Waals surface area contributed by atoms with Crippen LogP contribution in [-0.2, 0) is 11.2 Å². The van der Waals surface area contributed by atoms with Gasteiger partial charge in [0.15, 0.2) is 0 Å². The van der Waals surface area contributed by atoms with Crippen LogP contribution in [0.15, 0.2) is 27.4 Å². The number of rotatable bonds is 10. The summed E-state index contributed by atoms with van der Waals surface area (Å²) in [6, 6.07) is 4.93. The van der Waals surface area contributed by atoms with E-state index >= 15 is 0 Å². The van der Waals surface area contributed by atoms with E-state index < -0.39 is 53.1 Å². The second kappa shape index (κ2) is 10.7. The predicted molar refractivity (Wildman–Crippen MR) is 122 cm³/mol. The van der Waals surface area contributed by atoms with Crippen molar-refractivity contribution in [2.45, 2.75) is 44.7 Å². The molecule has 1 amide bonds. The number of unbranched alkanes of at least 4 members (excludes halogenated alkanes) is 1. The number of ether oxygens (including phenoxy) is 2. The highest BCUT2D eigenvalue weighted by Crippen LogP contribution is 2.46. The second-order valence-corrected chi connectivity index (χ2v) is 7.89. The number of methoxy groups -OCH3 is 2. The molecule has 194 valence electrons. The highest BCUT2D eigenvalue weighted by Gasteiger charge is 2.39. The minimum Gasteiger partial charge on any atom is -0.506 e. The molecule has 0 aliphatic carbocycles. The summed E-state index contributed by atoms with van der Waals surface area (Å²) < 4.78 is 54.9. The Morgan fingerprint density at radius 2 is 1.81 bits per heavy atom. The van der Waals surface area contributed by atoms with E-state index in [1.165, 1.54) is 14.2 Å². The normalized spacial score (nSPS) is 12.4. The summed E-state index contributed by atoms with van der Waals surface area (Å²) >= 11 is 0. The molecule has 3 rings (SSSR count). The van der Waals surface area contributed by atoms with Gasteiger partial charge in [-0.15, -0.1) is 10.2 Å². The van der Waals surface area contributed by atoms with Crippen LogP contribution in [0.5, 0.6) is 17.2 Å². The fourth-order valence-electron chi connectivity index (χ4n) is 3.76. The van der Waals surface area contributed by atoms with Crippen LogP contribution in [0.25, 0.3) is 22.6 Å². The topological polar surface area (TPSA) is 154 Å². The van der Waals surface area contributed by atoms with Crippen LogP contribution in [0.2, 0.25) is 0 Å². The molecule has 0 saturated carbocycles. The molecule has 13 heteroatoms. The maximum Gasteiger partial charge on any atom is 0.390 e. The van der Waals surface area contributed by atoms with Crippen molar-refractivity contribution >= 4 is 5.91 Å². The third-order valence-corrected chi connectivity index (χ3v) is 5.46. The number of alkyl halides is 3. The molecule has 0 saturated heterocycles. The number of nitrogens with one attached hydrogen (secondary N) is 1. The number of nitrogens with two attached hydrogens (primary N) is 1. The van der Waals surface area contributed by atoms with Gasteiger partial charge in [-0.1, -0.05) is 19.4 Å². The molecule has 3 aromatic rings. The van der Waals surface area contributed by atoms with E-state index in [9.17, 15) is 27.9 Å². The molecule has 36 heavy (non-hydrogen) atoms. The van der Waals surface area contributed by atoms with Crippen LogP contribution < -0.4 is 20.8 Å². The molecule has 4 N–H and O–H groups in total. The van der Waals surface area contributed by atoms with Gasteiger partial charge in [0.2, 0.25) is 11.8 Å². The Morgan fingerprint density at radius 3 is 2.33 bits per heavy atom. The van der Waals surface area contributed by atoms with Crippen LogP contribution >= 0.6 is 0 Å². The number of hydrogen-bond donors (Lipinski definition) is 3. The Morgan fingerprint density at radius 1 is 1.17 bits per heavy atom. The van der Waals surface area contributed by atoms with Gasteiger partial charge in [0.25, 0.3) is 11.4 Å². The number of benzene rings is 1. The summed E-state index contributed by atoms with van der Waals surface area (Å²) in [6.45, 7) is 1.95. The average Bonchev–Trinajstić information content (AvgIpc) is 3.29. The predicted octanol–water partition coefficient (Wildman–Crippen LogP) is 3.68. The average molecular weight is 510 g/mol. The van der Waals surface area contributed by atoms with Gasteiger partial charge in [-0.2, -0.15) is 13.2 Å². The van der Waals surface area contributed by atoms with Gasteiger partial charge in [-0.05, 0) is 25.0 Å². The van der Waals surface area contributed by atoms with Crippen LogP contribution in [0.1, 0.15) is 43.7 Å². The third kappa shape index (κ3) is 5.44. The number of carbonyl (C=O) groups is 1. The standard InChI is InChI=1S/C23H25F3N4O6/c1-4-5-7-12-15(16-13(34-2)8-6-9-14(16)35-3)18(31)17(20(33)28-12)22-30-29-21(36-22)11(19(27)32)10-23(24,25)26/h6,8-9,11H,4-5,7,10H2,1-3H3,(H2,27,32)(H2,28,31,33). The minimum atomic E-state index is -4.75. The van der Waals surface area contributed by atoms with Crippen molar-refractivity contribution < 1.29 is 37.0 Å². The molecule has 0 fully saturated rings. The highest BCUT2D eigenvalue weighted by molar-refractivity contribution is 5.87. The monoisotopic (exact) mass is 510 g/mol. The molecular formula is C23H25F3N4O6. The first-order valence-electron chi connectivity index (χ1n) is 10.9. The summed E-state index contributed by atoms with van der Waals surface area (Å²) in [5.74, 6) is -4.56. The van der Waals surface area contributed by atoms with Crippen molar-refractivity contribution in [3.8, 4) is 39.8 Å². The number of halogens is 3. The molecule has 0 radical (unpaired) electrons. The maximum absolute atomic E-state index is 13.0.